The topological polar surface area (TPSA) is 222 Å². The molecule has 4 N–H and O–H groups in total. The van der Waals surface area contributed by atoms with Gasteiger partial charge in [-0.05, 0) is 13.8 Å². The Balaban J connectivity index is -0.000000343. The molecule has 0 aromatic heterocycles. The number of hydrogen-bond donors (Lipinski definition) is 4. The van der Waals surface area contributed by atoms with Gasteiger partial charge < -0.3 is 48.8 Å². The van der Waals surface area contributed by atoms with Crippen LogP contribution in [-0.2, 0) is 28.4 Å². The van der Waals surface area contributed by atoms with Crippen LogP contribution >= 0.6 is 0 Å². The average molecular weight is 418 g/mol. The van der Waals surface area contributed by atoms with E-state index in [2.05, 4.69) is 28.4 Å². The van der Waals surface area contributed by atoms with Crippen molar-refractivity contribution in [2.75, 3.05) is 33.5 Å². The minimum atomic E-state index is -1.45. The van der Waals surface area contributed by atoms with Crippen LogP contribution in [0.4, 0.5) is 24.0 Å². The predicted molar refractivity (Wildman–Crippen MR) is 84.5 cm³/mol. The van der Waals surface area contributed by atoms with Crippen LogP contribution in [0.5, 0.6) is 0 Å². The molecule has 0 saturated heterocycles. The number of hydrogen-bond acceptors (Lipinski definition) is 11. The van der Waals surface area contributed by atoms with Gasteiger partial charge in [0.1, 0.15) is 25.9 Å². The Morgan fingerprint density at radius 2 is 1.18 bits per heavy atom. The Morgan fingerprint density at radius 1 is 0.750 bits per heavy atom. The van der Waals surface area contributed by atoms with E-state index in [1.807, 2.05) is 0 Å². The van der Waals surface area contributed by atoms with E-state index >= 15 is 0 Å². The van der Waals surface area contributed by atoms with E-state index in [1.165, 1.54) is 14.0 Å². The first-order valence-corrected chi connectivity index (χ1v) is 7.13. The molecule has 0 bridgehead atoms. The molecule has 15 nitrogen and oxygen atoms in total. The zero-order valence-electron chi connectivity index (χ0n) is 15.2. The Kier molecular flexibility index (Phi) is 20.5. The van der Waals surface area contributed by atoms with E-state index in [9.17, 15) is 24.0 Å². The maximum Gasteiger partial charge on any atom is 0.507 e. The summed E-state index contributed by atoms with van der Waals surface area (Å²) in [6.07, 6.45) is -7.20. The Hall–Kier alpha value is -3.65. The third-order valence-electron chi connectivity index (χ3n) is 1.71. The van der Waals surface area contributed by atoms with Crippen LogP contribution in [0.3, 0.4) is 0 Å². The summed E-state index contributed by atoms with van der Waals surface area (Å²) in [5, 5.41) is 31.7. The van der Waals surface area contributed by atoms with E-state index in [0.29, 0.717) is 6.61 Å². The summed E-state index contributed by atoms with van der Waals surface area (Å²) < 4.78 is 24.5. The highest BCUT2D eigenvalue weighted by atomic mass is 16.7. The van der Waals surface area contributed by atoms with Crippen molar-refractivity contribution in [2.24, 2.45) is 0 Å². The second-order valence-corrected chi connectivity index (χ2v) is 3.89. The molecule has 0 rings (SSSR count). The van der Waals surface area contributed by atoms with E-state index in [-0.39, 0.29) is 19.8 Å². The van der Waals surface area contributed by atoms with Gasteiger partial charge in [0, 0.05) is 0 Å². The first-order chi connectivity index (χ1) is 13.0. The number of carbonyl (C=O) groups excluding carboxylic acids is 1. The second-order valence-electron chi connectivity index (χ2n) is 3.89. The summed E-state index contributed by atoms with van der Waals surface area (Å²) in [4.78, 5) is 48.8. The van der Waals surface area contributed by atoms with Crippen LogP contribution in [-0.4, -0.2) is 90.8 Å². The van der Waals surface area contributed by atoms with E-state index in [1.54, 1.807) is 6.92 Å². The van der Waals surface area contributed by atoms with Gasteiger partial charge in [0.05, 0.1) is 13.7 Å². The summed E-state index contributed by atoms with van der Waals surface area (Å²) in [5.41, 5.74) is 0. The van der Waals surface area contributed by atoms with Crippen molar-refractivity contribution in [3.8, 4) is 0 Å². The Bertz CT molecular complexity index is 459. The zero-order chi connectivity index (χ0) is 22.5. The number of methoxy groups -OCH3 is 1. The van der Waals surface area contributed by atoms with Crippen LogP contribution in [0.2, 0.25) is 0 Å². The molecule has 1 atom stereocenters. The smallest absolute Gasteiger partial charge is 0.450 e. The minimum Gasteiger partial charge on any atom is -0.450 e. The average Bonchev–Trinajstić information content (AvgIpc) is 2.57. The van der Waals surface area contributed by atoms with Crippen LogP contribution < -0.4 is 0 Å². The molecule has 0 aromatic rings. The fourth-order valence-electron chi connectivity index (χ4n) is 0.829. The molecule has 0 fully saturated rings. The first-order valence-electron chi connectivity index (χ1n) is 7.13. The predicted octanol–water partition coefficient (Wildman–Crippen LogP) is 1.93. The molecule has 0 aromatic carbocycles. The Labute approximate surface area is 158 Å². The lowest BCUT2D eigenvalue weighted by Gasteiger charge is -2.08. The third kappa shape index (κ3) is 33.8. The molecule has 0 spiro atoms. The van der Waals surface area contributed by atoms with Gasteiger partial charge in [-0.2, -0.15) is 0 Å². The molecule has 0 heterocycles. The monoisotopic (exact) mass is 418 g/mol. The van der Waals surface area contributed by atoms with Crippen molar-refractivity contribution < 1.29 is 72.8 Å². The molecule has 1 unspecified atom stereocenters. The fourth-order valence-corrected chi connectivity index (χ4v) is 0.829. The molecule has 0 saturated carbocycles. The number of carboxylic acid groups (broad SMARTS) is 4. The van der Waals surface area contributed by atoms with Gasteiger partial charge in [0.25, 0.3) is 0 Å². The lowest BCUT2D eigenvalue weighted by atomic mass is 10.4. The van der Waals surface area contributed by atoms with Crippen LogP contribution in [0.25, 0.3) is 0 Å². The Morgan fingerprint density at radius 3 is 1.43 bits per heavy atom. The van der Waals surface area contributed by atoms with E-state index < -0.39 is 36.9 Å². The van der Waals surface area contributed by atoms with Gasteiger partial charge in [0.15, 0.2) is 0 Å². The van der Waals surface area contributed by atoms with Crippen molar-refractivity contribution >= 4 is 30.8 Å². The normalized spacial score (nSPS) is 9.54. The molecular formula is C13H22O15. The second kappa shape index (κ2) is 19.7. The molecule has 28 heavy (non-hydrogen) atoms. The number of rotatable bonds is 7. The minimum absolute atomic E-state index is 0.276. The van der Waals surface area contributed by atoms with Crippen molar-refractivity contribution in [1.82, 2.24) is 0 Å². The lowest BCUT2D eigenvalue weighted by molar-refractivity contribution is 0.0122. The number of ether oxygens (including phenoxy) is 6. The maximum absolute atomic E-state index is 9.97. The standard InChI is InChI=1S/C5H8O6.C4H6O6.C4H8O3/c1-3(11-5(8)9)2-10-4(6)7;5-3(6)9-1-2-10-4(7)8;1-3-7-4(5)6-2/h3H,2H2,1H3,(H,6,7)(H,8,9);1-2H2,(H,5,6)(H,7,8);3H2,1-2H3. The molecule has 0 radical (unpaired) electrons. The largest absolute Gasteiger partial charge is 0.507 e. The summed E-state index contributed by atoms with van der Waals surface area (Å²) in [7, 11) is 1.28. The van der Waals surface area contributed by atoms with Gasteiger partial charge in [-0.15, -0.1) is 0 Å². The van der Waals surface area contributed by atoms with E-state index in [4.69, 9.17) is 20.4 Å². The van der Waals surface area contributed by atoms with Crippen molar-refractivity contribution in [3.63, 3.8) is 0 Å². The highest BCUT2D eigenvalue weighted by Crippen LogP contribution is 1.92. The molecule has 0 aliphatic carbocycles. The highest BCUT2D eigenvalue weighted by Gasteiger charge is 2.09. The van der Waals surface area contributed by atoms with Crippen molar-refractivity contribution in [3.05, 3.63) is 0 Å². The van der Waals surface area contributed by atoms with Crippen LogP contribution in [0.15, 0.2) is 0 Å². The number of carbonyl (C=O) groups is 5. The quantitative estimate of drug-likeness (QED) is 0.263. The van der Waals surface area contributed by atoms with Gasteiger partial charge in [0.2, 0.25) is 0 Å². The molecule has 0 aliphatic heterocycles. The lowest BCUT2D eigenvalue weighted by Crippen LogP contribution is -2.20. The van der Waals surface area contributed by atoms with Crippen LogP contribution in [0, 0.1) is 0 Å². The molecule has 0 amide bonds. The molecule has 0 aliphatic rings. The van der Waals surface area contributed by atoms with Gasteiger partial charge >= 0.3 is 30.8 Å². The van der Waals surface area contributed by atoms with Gasteiger partial charge in [-0.3, -0.25) is 0 Å². The molecule has 15 heteroatoms. The summed E-state index contributed by atoms with van der Waals surface area (Å²) >= 11 is 0. The van der Waals surface area contributed by atoms with Crippen molar-refractivity contribution in [2.45, 2.75) is 20.0 Å². The fraction of sp³-hybridized carbons (Fsp3) is 0.615. The zero-order valence-corrected chi connectivity index (χ0v) is 15.2. The third-order valence-corrected chi connectivity index (χ3v) is 1.71. The summed E-state index contributed by atoms with van der Waals surface area (Å²) in [6, 6.07) is 0. The summed E-state index contributed by atoms with van der Waals surface area (Å²) in [5.74, 6) is 0. The first kappa shape index (κ1) is 29.1. The summed E-state index contributed by atoms with van der Waals surface area (Å²) in [6.45, 7) is 2.63. The van der Waals surface area contributed by atoms with Gasteiger partial charge in [-0.1, -0.05) is 0 Å². The highest BCUT2D eigenvalue weighted by molar-refractivity contribution is 5.59. The van der Waals surface area contributed by atoms with Crippen LogP contribution in [0.1, 0.15) is 13.8 Å². The van der Waals surface area contributed by atoms with Crippen molar-refractivity contribution in [1.29, 1.82) is 0 Å². The molecular weight excluding hydrogens is 396 g/mol. The van der Waals surface area contributed by atoms with E-state index in [0.717, 1.165) is 0 Å². The SMILES string of the molecule is CC(COC(=O)O)OC(=O)O.CCOC(=O)OC.O=C(O)OCCOC(=O)O. The molecule has 164 valence electrons. The maximum atomic E-state index is 9.97. The van der Waals surface area contributed by atoms with Gasteiger partial charge in [-0.25, -0.2) is 24.0 Å².